The Balaban J connectivity index is 1.62. The summed E-state index contributed by atoms with van der Waals surface area (Å²) in [5, 5.41) is 6.45. The van der Waals surface area contributed by atoms with E-state index in [1.165, 1.54) is 4.90 Å². The third-order valence-electron chi connectivity index (χ3n) is 3.74. The van der Waals surface area contributed by atoms with E-state index < -0.39 is 0 Å². The monoisotopic (exact) mass is 248 g/mol. The summed E-state index contributed by atoms with van der Waals surface area (Å²) in [7, 11) is 0. The van der Waals surface area contributed by atoms with Gasteiger partial charge in [0.25, 0.3) is 5.91 Å². The number of nitrogens with one attached hydrogen (secondary N) is 2. The first kappa shape index (κ1) is 11.1. The number of thioether (sulfide) groups is 1. The van der Waals surface area contributed by atoms with E-state index in [2.05, 4.69) is 10.6 Å². The van der Waals surface area contributed by atoms with Crippen molar-refractivity contribution in [2.45, 2.75) is 10.9 Å². The van der Waals surface area contributed by atoms with Gasteiger partial charge in [0.05, 0.1) is 0 Å². The Hall–Kier alpha value is -1.00. The molecule has 0 bridgehead atoms. The summed E-state index contributed by atoms with van der Waals surface area (Å²) in [5.74, 6) is 1.41. The Morgan fingerprint density at radius 1 is 1.29 bits per heavy atom. The van der Waals surface area contributed by atoms with Crippen LogP contribution in [0.2, 0.25) is 0 Å². The molecule has 0 radical (unpaired) electrons. The van der Waals surface area contributed by atoms with E-state index in [0.717, 1.165) is 18.7 Å². The Bertz CT molecular complexity index is 422. The van der Waals surface area contributed by atoms with Gasteiger partial charge in [-0.3, -0.25) is 4.79 Å². The molecule has 90 valence electrons. The lowest BCUT2D eigenvalue weighted by Gasteiger charge is -2.08. The van der Waals surface area contributed by atoms with E-state index in [0.29, 0.717) is 17.9 Å². The van der Waals surface area contributed by atoms with E-state index in [1.54, 1.807) is 11.8 Å². The minimum absolute atomic E-state index is 0.0667. The standard InChI is InChI=1S/C13H16N2OS/c1-17-9-4-2-8(3-5-9)13(16)15-12-10-6-14-7-11(10)12/h2-5,10-12,14H,6-7H2,1H3,(H,15,16). The first-order valence-electron chi connectivity index (χ1n) is 5.95. The topological polar surface area (TPSA) is 41.1 Å². The summed E-state index contributed by atoms with van der Waals surface area (Å²) in [5.41, 5.74) is 0.765. The second kappa shape index (κ2) is 4.35. The quantitative estimate of drug-likeness (QED) is 0.794. The van der Waals surface area contributed by atoms with Gasteiger partial charge in [-0.05, 0) is 42.4 Å². The number of hydrogen-bond donors (Lipinski definition) is 2. The molecule has 1 aliphatic heterocycles. The van der Waals surface area contributed by atoms with Gasteiger partial charge in [-0.15, -0.1) is 11.8 Å². The van der Waals surface area contributed by atoms with Crippen molar-refractivity contribution in [2.24, 2.45) is 11.8 Å². The molecule has 4 heteroatoms. The summed E-state index contributed by atoms with van der Waals surface area (Å²) in [6, 6.07) is 8.20. The second-order valence-electron chi connectivity index (χ2n) is 4.71. The fourth-order valence-corrected chi connectivity index (χ4v) is 3.02. The Morgan fingerprint density at radius 2 is 1.94 bits per heavy atom. The first-order valence-corrected chi connectivity index (χ1v) is 7.17. The molecule has 0 spiro atoms. The minimum Gasteiger partial charge on any atom is -0.349 e. The first-order chi connectivity index (χ1) is 8.29. The zero-order chi connectivity index (χ0) is 11.8. The maximum atomic E-state index is 12.0. The van der Waals surface area contributed by atoms with E-state index >= 15 is 0 Å². The summed E-state index contributed by atoms with van der Waals surface area (Å²) in [6.07, 6.45) is 2.04. The number of amides is 1. The predicted octanol–water partition coefficient (Wildman–Crippen LogP) is 1.36. The highest BCUT2D eigenvalue weighted by molar-refractivity contribution is 7.98. The third kappa shape index (κ3) is 2.07. The normalized spacial score (nSPS) is 29.8. The Kier molecular flexibility index (Phi) is 2.84. The highest BCUT2D eigenvalue weighted by Crippen LogP contribution is 2.41. The van der Waals surface area contributed by atoms with Crippen molar-refractivity contribution in [3.63, 3.8) is 0 Å². The van der Waals surface area contributed by atoms with E-state index in [-0.39, 0.29) is 5.91 Å². The van der Waals surface area contributed by atoms with Gasteiger partial charge >= 0.3 is 0 Å². The molecule has 2 unspecified atom stereocenters. The number of carbonyl (C=O) groups excluding carboxylic acids is 1. The fraction of sp³-hybridized carbons (Fsp3) is 0.462. The van der Waals surface area contributed by atoms with Crippen LogP contribution in [0.1, 0.15) is 10.4 Å². The van der Waals surface area contributed by atoms with Gasteiger partial charge in [-0.25, -0.2) is 0 Å². The number of rotatable bonds is 3. The van der Waals surface area contributed by atoms with Crippen molar-refractivity contribution in [3.8, 4) is 0 Å². The number of hydrogen-bond acceptors (Lipinski definition) is 3. The molecule has 2 fully saturated rings. The molecule has 2 atom stereocenters. The van der Waals surface area contributed by atoms with Crippen LogP contribution in [0.25, 0.3) is 0 Å². The van der Waals surface area contributed by atoms with Gasteiger partial charge < -0.3 is 10.6 Å². The summed E-state index contributed by atoms with van der Waals surface area (Å²) in [6.45, 7) is 2.11. The average Bonchev–Trinajstić information content (AvgIpc) is 2.80. The van der Waals surface area contributed by atoms with Crippen molar-refractivity contribution < 1.29 is 4.79 Å². The maximum Gasteiger partial charge on any atom is 0.251 e. The summed E-state index contributed by atoms with van der Waals surface area (Å²) < 4.78 is 0. The Labute approximate surface area is 105 Å². The highest BCUT2D eigenvalue weighted by Gasteiger charge is 2.53. The van der Waals surface area contributed by atoms with Crippen LogP contribution in [-0.4, -0.2) is 31.3 Å². The summed E-state index contributed by atoms with van der Waals surface area (Å²) >= 11 is 1.69. The van der Waals surface area contributed by atoms with E-state index in [9.17, 15) is 4.79 Å². The number of piperidine rings is 1. The SMILES string of the molecule is CSc1ccc(C(=O)NC2C3CNCC32)cc1. The van der Waals surface area contributed by atoms with Crippen LogP contribution in [0.3, 0.4) is 0 Å². The highest BCUT2D eigenvalue weighted by atomic mass is 32.2. The molecule has 1 saturated heterocycles. The van der Waals surface area contributed by atoms with Crippen molar-refractivity contribution in [3.05, 3.63) is 29.8 Å². The lowest BCUT2D eigenvalue weighted by molar-refractivity contribution is 0.0946. The van der Waals surface area contributed by atoms with Gasteiger partial charge in [-0.2, -0.15) is 0 Å². The van der Waals surface area contributed by atoms with Crippen molar-refractivity contribution in [1.82, 2.24) is 10.6 Å². The number of carbonyl (C=O) groups is 1. The molecule has 1 aromatic carbocycles. The lowest BCUT2D eigenvalue weighted by atomic mass is 10.2. The van der Waals surface area contributed by atoms with Crippen LogP contribution in [0.5, 0.6) is 0 Å². The molecule has 2 aliphatic rings. The fourth-order valence-electron chi connectivity index (χ4n) is 2.61. The van der Waals surface area contributed by atoms with Crippen molar-refractivity contribution >= 4 is 17.7 Å². The molecule has 17 heavy (non-hydrogen) atoms. The molecule has 1 heterocycles. The molecule has 1 amide bonds. The number of benzene rings is 1. The molecule has 1 saturated carbocycles. The molecular formula is C13H16N2OS. The lowest BCUT2D eigenvalue weighted by Crippen LogP contribution is -2.32. The smallest absolute Gasteiger partial charge is 0.251 e. The van der Waals surface area contributed by atoms with Crippen LogP contribution in [0, 0.1) is 11.8 Å². The van der Waals surface area contributed by atoms with E-state index in [4.69, 9.17) is 0 Å². The van der Waals surface area contributed by atoms with Crippen molar-refractivity contribution in [2.75, 3.05) is 19.3 Å². The van der Waals surface area contributed by atoms with Crippen LogP contribution in [-0.2, 0) is 0 Å². The second-order valence-corrected chi connectivity index (χ2v) is 5.59. The number of fused-ring (bicyclic) bond motifs is 1. The largest absolute Gasteiger partial charge is 0.349 e. The molecule has 1 aliphatic carbocycles. The maximum absolute atomic E-state index is 12.0. The van der Waals surface area contributed by atoms with Gasteiger partial charge in [0, 0.05) is 29.6 Å². The van der Waals surface area contributed by atoms with Gasteiger partial charge in [-0.1, -0.05) is 0 Å². The molecule has 1 aromatic rings. The van der Waals surface area contributed by atoms with Crippen LogP contribution < -0.4 is 10.6 Å². The molecule has 2 N–H and O–H groups in total. The summed E-state index contributed by atoms with van der Waals surface area (Å²) in [4.78, 5) is 13.2. The Morgan fingerprint density at radius 3 is 2.53 bits per heavy atom. The molecular weight excluding hydrogens is 232 g/mol. The minimum atomic E-state index is 0.0667. The zero-order valence-corrected chi connectivity index (χ0v) is 10.6. The molecule has 0 aromatic heterocycles. The zero-order valence-electron chi connectivity index (χ0n) is 9.77. The van der Waals surface area contributed by atoms with Crippen LogP contribution in [0.15, 0.2) is 29.2 Å². The third-order valence-corrected chi connectivity index (χ3v) is 4.49. The molecule has 3 rings (SSSR count). The molecule has 3 nitrogen and oxygen atoms in total. The predicted molar refractivity (Wildman–Crippen MR) is 69.3 cm³/mol. The van der Waals surface area contributed by atoms with Gasteiger partial charge in [0.1, 0.15) is 0 Å². The van der Waals surface area contributed by atoms with Crippen LogP contribution in [0.4, 0.5) is 0 Å². The van der Waals surface area contributed by atoms with E-state index in [1.807, 2.05) is 30.5 Å². The van der Waals surface area contributed by atoms with Gasteiger partial charge in [0.15, 0.2) is 0 Å². The average molecular weight is 248 g/mol. The van der Waals surface area contributed by atoms with Gasteiger partial charge in [0.2, 0.25) is 0 Å². The van der Waals surface area contributed by atoms with Crippen LogP contribution >= 0.6 is 11.8 Å². The van der Waals surface area contributed by atoms with Crippen molar-refractivity contribution in [1.29, 1.82) is 0 Å².